The average Bonchev–Trinajstić information content (AvgIpc) is 3.15. The number of carbonyl (C=O) groups excluding carboxylic acids is 1. The molecule has 0 unspecified atom stereocenters. The van der Waals surface area contributed by atoms with E-state index in [0.717, 1.165) is 5.82 Å². The summed E-state index contributed by atoms with van der Waals surface area (Å²) in [6.45, 7) is 10.5. The van der Waals surface area contributed by atoms with Crippen molar-refractivity contribution in [2.24, 2.45) is 0 Å². The van der Waals surface area contributed by atoms with Crippen LogP contribution in [0.2, 0.25) is 0 Å². The van der Waals surface area contributed by atoms with Gasteiger partial charge in [0.2, 0.25) is 11.8 Å². The SMILES string of the molecule is CC(C)c1noc(CCNC(=O)[C@@H](C)n2ccnc2C(C)C)n1. The number of hydrogen-bond donors (Lipinski definition) is 1. The zero-order chi connectivity index (χ0) is 17.0. The van der Waals surface area contributed by atoms with E-state index in [1.54, 1.807) is 6.20 Å². The maximum absolute atomic E-state index is 12.3. The Balaban J connectivity index is 1.87. The fourth-order valence-corrected chi connectivity index (χ4v) is 2.27. The van der Waals surface area contributed by atoms with Crippen molar-refractivity contribution in [3.05, 3.63) is 29.9 Å². The summed E-state index contributed by atoms with van der Waals surface area (Å²) in [5.74, 6) is 2.61. The van der Waals surface area contributed by atoms with Crippen molar-refractivity contribution in [2.75, 3.05) is 6.54 Å². The Bertz CT molecular complexity index is 644. The fraction of sp³-hybridized carbons (Fsp3) is 0.625. The van der Waals surface area contributed by atoms with E-state index in [1.807, 2.05) is 31.5 Å². The number of amides is 1. The molecule has 0 aliphatic heterocycles. The van der Waals surface area contributed by atoms with Crippen molar-refractivity contribution in [1.29, 1.82) is 0 Å². The highest BCUT2D eigenvalue weighted by Gasteiger charge is 2.19. The van der Waals surface area contributed by atoms with Gasteiger partial charge in [-0.15, -0.1) is 0 Å². The highest BCUT2D eigenvalue weighted by Crippen LogP contribution is 2.17. The van der Waals surface area contributed by atoms with Crippen molar-refractivity contribution in [2.45, 2.75) is 58.9 Å². The summed E-state index contributed by atoms with van der Waals surface area (Å²) in [6, 6.07) is -0.302. The quantitative estimate of drug-likeness (QED) is 0.847. The zero-order valence-corrected chi connectivity index (χ0v) is 14.4. The van der Waals surface area contributed by atoms with E-state index >= 15 is 0 Å². The van der Waals surface area contributed by atoms with Crippen LogP contribution in [0.4, 0.5) is 0 Å². The smallest absolute Gasteiger partial charge is 0.242 e. The Morgan fingerprint density at radius 2 is 2.00 bits per heavy atom. The van der Waals surface area contributed by atoms with Crippen LogP contribution in [0.15, 0.2) is 16.9 Å². The summed E-state index contributed by atoms with van der Waals surface area (Å²) in [4.78, 5) is 20.9. The van der Waals surface area contributed by atoms with Gasteiger partial charge in [0.15, 0.2) is 5.82 Å². The Morgan fingerprint density at radius 3 is 2.61 bits per heavy atom. The van der Waals surface area contributed by atoms with E-state index in [0.29, 0.717) is 24.7 Å². The predicted molar refractivity (Wildman–Crippen MR) is 86.1 cm³/mol. The van der Waals surface area contributed by atoms with Crippen molar-refractivity contribution < 1.29 is 9.32 Å². The van der Waals surface area contributed by atoms with Crippen LogP contribution in [-0.2, 0) is 11.2 Å². The van der Waals surface area contributed by atoms with Crippen molar-refractivity contribution in [3.8, 4) is 0 Å². The number of hydrogen-bond acceptors (Lipinski definition) is 5. The predicted octanol–water partition coefficient (Wildman–Crippen LogP) is 2.43. The number of imidazole rings is 1. The highest BCUT2D eigenvalue weighted by atomic mass is 16.5. The van der Waals surface area contributed by atoms with Gasteiger partial charge in [-0.05, 0) is 6.92 Å². The molecule has 0 saturated heterocycles. The van der Waals surface area contributed by atoms with Crippen molar-refractivity contribution in [1.82, 2.24) is 25.0 Å². The van der Waals surface area contributed by atoms with Gasteiger partial charge >= 0.3 is 0 Å². The monoisotopic (exact) mass is 319 g/mol. The van der Waals surface area contributed by atoms with Crippen LogP contribution in [0.5, 0.6) is 0 Å². The van der Waals surface area contributed by atoms with Crippen LogP contribution < -0.4 is 5.32 Å². The molecule has 7 nitrogen and oxygen atoms in total. The Kier molecular flexibility index (Phi) is 5.52. The topological polar surface area (TPSA) is 85.8 Å². The minimum absolute atomic E-state index is 0.0477. The van der Waals surface area contributed by atoms with E-state index in [1.165, 1.54) is 0 Å². The van der Waals surface area contributed by atoms with Crippen LogP contribution >= 0.6 is 0 Å². The third-order valence-corrected chi connectivity index (χ3v) is 3.65. The maximum atomic E-state index is 12.3. The molecule has 0 bridgehead atoms. The molecule has 0 fully saturated rings. The van der Waals surface area contributed by atoms with E-state index < -0.39 is 0 Å². The Hall–Kier alpha value is -2.18. The summed E-state index contributed by atoms with van der Waals surface area (Å²) in [7, 11) is 0. The number of carbonyl (C=O) groups is 1. The van der Waals surface area contributed by atoms with E-state index in [-0.39, 0.29) is 23.8 Å². The fourth-order valence-electron chi connectivity index (χ4n) is 2.27. The molecule has 0 spiro atoms. The Labute approximate surface area is 136 Å². The van der Waals surface area contributed by atoms with Crippen LogP contribution in [-0.4, -0.2) is 32.1 Å². The molecule has 23 heavy (non-hydrogen) atoms. The molecule has 1 atom stereocenters. The molecule has 0 aliphatic rings. The van der Waals surface area contributed by atoms with Gasteiger partial charge in [-0.1, -0.05) is 32.9 Å². The minimum Gasteiger partial charge on any atom is -0.354 e. The third-order valence-electron chi connectivity index (χ3n) is 3.65. The highest BCUT2D eigenvalue weighted by molar-refractivity contribution is 5.79. The molecule has 2 heterocycles. The van der Waals surface area contributed by atoms with Crippen molar-refractivity contribution in [3.63, 3.8) is 0 Å². The van der Waals surface area contributed by atoms with E-state index in [2.05, 4.69) is 34.3 Å². The summed E-state index contributed by atoms with van der Waals surface area (Å²) in [5, 5.41) is 6.82. The molecule has 0 aromatic carbocycles. The van der Waals surface area contributed by atoms with Gasteiger partial charge in [0.05, 0.1) is 0 Å². The first-order valence-electron chi connectivity index (χ1n) is 8.03. The number of rotatable bonds is 7. The molecule has 126 valence electrons. The standard InChI is InChI=1S/C16H25N5O2/c1-10(2)14-19-13(23-20-14)6-7-18-16(22)12(5)21-9-8-17-15(21)11(3)4/h8-12H,6-7H2,1-5H3,(H,18,22)/t12-/m1/s1. The lowest BCUT2D eigenvalue weighted by molar-refractivity contribution is -0.123. The third kappa shape index (κ3) is 4.18. The number of nitrogens with zero attached hydrogens (tertiary/aromatic N) is 4. The molecule has 1 amide bonds. The van der Waals surface area contributed by atoms with E-state index in [4.69, 9.17) is 4.52 Å². The lowest BCUT2D eigenvalue weighted by atomic mass is 10.2. The normalized spacial score (nSPS) is 12.8. The molecule has 2 aromatic rings. The molecule has 0 radical (unpaired) electrons. The second kappa shape index (κ2) is 7.39. The van der Waals surface area contributed by atoms with Crippen molar-refractivity contribution >= 4 is 5.91 Å². The van der Waals surface area contributed by atoms with Crippen LogP contribution in [0.1, 0.15) is 70.0 Å². The maximum Gasteiger partial charge on any atom is 0.242 e. The molecular weight excluding hydrogens is 294 g/mol. The second-order valence-electron chi connectivity index (χ2n) is 6.27. The molecule has 2 rings (SSSR count). The molecule has 1 N–H and O–H groups in total. The molecule has 7 heteroatoms. The molecular formula is C16H25N5O2. The second-order valence-corrected chi connectivity index (χ2v) is 6.27. The molecule has 2 aromatic heterocycles. The van der Waals surface area contributed by atoms with Gasteiger partial charge in [0.25, 0.3) is 0 Å². The zero-order valence-electron chi connectivity index (χ0n) is 14.4. The first kappa shape index (κ1) is 17.2. The Morgan fingerprint density at radius 1 is 1.26 bits per heavy atom. The van der Waals surface area contributed by atoms with Gasteiger partial charge in [0, 0.05) is 37.2 Å². The van der Waals surface area contributed by atoms with E-state index in [9.17, 15) is 4.79 Å². The van der Waals surface area contributed by atoms with Gasteiger partial charge in [-0.2, -0.15) is 4.98 Å². The van der Waals surface area contributed by atoms with Gasteiger partial charge in [0.1, 0.15) is 11.9 Å². The van der Waals surface area contributed by atoms with Gasteiger partial charge < -0.3 is 14.4 Å². The minimum atomic E-state index is -0.302. The average molecular weight is 319 g/mol. The summed E-state index contributed by atoms with van der Waals surface area (Å²) in [6.07, 6.45) is 4.09. The largest absolute Gasteiger partial charge is 0.354 e. The lowest BCUT2D eigenvalue weighted by Crippen LogP contribution is -2.33. The molecule has 0 aliphatic carbocycles. The first-order chi connectivity index (χ1) is 10.9. The van der Waals surface area contributed by atoms with Crippen LogP contribution in [0.3, 0.4) is 0 Å². The van der Waals surface area contributed by atoms with Crippen LogP contribution in [0, 0.1) is 0 Å². The summed E-state index contributed by atoms with van der Waals surface area (Å²) in [5.41, 5.74) is 0. The van der Waals surface area contributed by atoms with Gasteiger partial charge in [-0.25, -0.2) is 4.98 Å². The molecule has 0 saturated carbocycles. The summed E-state index contributed by atoms with van der Waals surface area (Å²) < 4.78 is 7.07. The summed E-state index contributed by atoms with van der Waals surface area (Å²) >= 11 is 0. The number of aromatic nitrogens is 4. The first-order valence-corrected chi connectivity index (χ1v) is 8.03. The number of nitrogens with one attached hydrogen (secondary N) is 1. The van der Waals surface area contributed by atoms with Gasteiger partial charge in [-0.3, -0.25) is 4.79 Å². The van der Waals surface area contributed by atoms with Crippen LogP contribution in [0.25, 0.3) is 0 Å². The lowest BCUT2D eigenvalue weighted by Gasteiger charge is -2.17.